The van der Waals surface area contributed by atoms with Gasteiger partial charge in [0, 0.05) is 23.4 Å². The Morgan fingerprint density at radius 2 is 2.05 bits per heavy atom. The fraction of sp³-hybridized carbons (Fsp3) is 0.429. The standard InChI is InChI=1S/C14H13BrF2N2O/c15-12-9(8-18)2-1-3-11(12)13(20)19-10-4-6-14(16,17)7-5-10/h1-3,10H,4-7H2,(H,19,20). The average Bonchev–Trinajstić information content (AvgIpc) is 2.41. The Morgan fingerprint density at radius 3 is 2.65 bits per heavy atom. The van der Waals surface area contributed by atoms with Crippen LogP contribution in [0.5, 0.6) is 0 Å². The first-order chi connectivity index (χ1) is 9.43. The molecular formula is C14H13BrF2N2O. The van der Waals surface area contributed by atoms with Gasteiger partial charge in [0.2, 0.25) is 5.92 Å². The number of nitrogens with one attached hydrogen (secondary N) is 1. The van der Waals surface area contributed by atoms with Crippen LogP contribution >= 0.6 is 15.9 Å². The van der Waals surface area contributed by atoms with Crippen molar-refractivity contribution in [2.45, 2.75) is 37.6 Å². The van der Waals surface area contributed by atoms with Crippen molar-refractivity contribution in [1.82, 2.24) is 5.32 Å². The Balaban J connectivity index is 2.05. The Morgan fingerprint density at radius 1 is 1.40 bits per heavy atom. The van der Waals surface area contributed by atoms with Crippen molar-refractivity contribution in [3.63, 3.8) is 0 Å². The third-order valence-electron chi connectivity index (χ3n) is 3.42. The maximum atomic E-state index is 13.0. The lowest BCUT2D eigenvalue weighted by Gasteiger charge is -2.28. The molecule has 0 radical (unpaired) electrons. The Hall–Kier alpha value is -1.48. The van der Waals surface area contributed by atoms with Gasteiger partial charge in [0.05, 0.1) is 11.1 Å². The first kappa shape index (κ1) is 14.9. The van der Waals surface area contributed by atoms with Crippen molar-refractivity contribution < 1.29 is 13.6 Å². The van der Waals surface area contributed by atoms with Crippen LogP contribution in [0.15, 0.2) is 22.7 Å². The molecule has 1 aliphatic carbocycles. The second kappa shape index (κ2) is 5.88. The molecule has 2 rings (SSSR count). The molecule has 1 saturated carbocycles. The summed E-state index contributed by atoms with van der Waals surface area (Å²) in [6.45, 7) is 0. The molecule has 6 heteroatoms. The number of hydrogen-bond acceptors (Lipinski definition) is 2. The van der Waals surface area contributed by atoms with Crippen molar-refractivity contribution in [3.05, 3.63) is 33.8 Å². The van der Waals surface area contributed by atoms with Crippen LogP contribution < -0.4 is 5.32 Å². The zero-order chi connectivity index (χ0) is 14.8. The number of amides is 1. The maximum absolute atomic E-state index is 13.0. The molecule has 3 nitrogen and oxygen atoms in total. The van der Waals surface area contributed by atoms with Gasteiger partial charge >= 0.3 is 0 Å². The quantitative estimate of drug-likeness (QED) is 0.892. The molecule has 0 atom stereocenters. The van der Waals surface area contributed by atoms with Crippen LogP contribution in [0.4, 0.5) is 8.78 Å². The van der Waals surface area contributed by atoms with E-state index in [1.54, 1.807) is 18.2 Å². The lowest BCUT2D eigenvalue weighted by molar-refractivity contribution is -0.0399. The fourth-order valence-electron chi connectivity index (χ4n) is 2.24. The molecule has 20 heavy (non-hydrogen) atoms. The van der Waals surface area contributed by atoms with Gasteiger partial charge in [-0.1, -0.05) is 6.07 Å². The zero-order valence-corrected chi connectivity index (χ0v) is 12.2. The van der Waals surface area contributed by atoms with E-state index in [-0.39, 0.29) is 37.6 Å². The predicted molar refractivity (Wildman–Crippen MR) is 73.5 cm³/mol. The number of nitriles is 1. The van der Waals surface area contributed by atoms with Gasteiger partial charge in [-0.3, -0.25) is 4.79 Å². The Bertz CT molecular complexity index is 559. The third-order valence-corrected chi connectivity index (χ3v) is 4.27. The highest BCUT2D eigenvalue weighted by molar-refractivity contribution is 9.10. The summed E-state index contributed by atoms with van der Waals surface area (Å²) in [5.74, 6) is -2.95. The number of nitrogens with zero attached hydrogens (tertiary/aromatic N) is 1. The molecule has 1 amide bonds. The van der Waals surface area contributed by atoms with Gasteiger partial charge < -0.3 is 5.32 Å². The molecule has 1 aliphatic rings. The van der Waals surface area contributed by atoms with E-state index in [4.69, 9.17) is 5.26 Å². The highest BCUT2D eigenvalue weighted by atomic mass is 79.9. The maximum Gasteiger partial charge on any atom is 0.252 e. The number of rotatable bonds is 2. The van der Waals surface area contributed by atoms with E-state index >= 15 is 0 Å². The second-order valence-corrected chi connectivity index (χ2v) is 5.68. The van der Waals surface area contributed by atoms with E-state index in [0.717, 1.165) is 0 Å². The lowest BCUT2D eigenvalue weighted by Crippen LogP contribution is -2.40. The molecule has 0 saturated heterocycles. The van der Waals surface area contributed by atoms with Crippen LogP contribution in [0.3, 0.4) is 0 Å². The van der Waals surface area contributed by atoms with Crippen LogP contribution in [-0.2, 0) is 0 Å². The molecule has 1 aromatic carbocycles. The molecule has 0 heterocycles. The van der Waals surface area contributed by atoms with Gasteiger partial charge in [0.15, 0.2) is 0 Å². The molecule has 106 valence electrons. The normalized spacial score (nSPS) is 18.3. The molecule has 0 aliphatic heterocycles. The number of alkyl halides is 2. The lowest BCUT2D eigenvalue weighted by atomic mass is 9.92. The van der Waals surface area contributed by atoms with Gasteiger partial charge in [0.25, 0.3) is 5.91 Å². The average molecular weight is 343 g/mol. The molecule has 0 spiro atoms. The van der Waals surface area contributed by atoms with Gasteiger partial charge in [-0.15, -0.1) is 0 Å². The van der Waals surface area contributed by atoms with Crippen molar-refractivity contribution >= 4 is 21.8 Å². The molecule has 0 aromatic heterocycles. The van der Waals surface area contributed by atoms with Crippen LogP contribution in [0.1, 0.15) is 41.6 Å². The minimum atomic E-state index is -2.61. The van der Waals surface area contributed by atoms with Gasteiger partial charge in [-0.25, -0.2) is 8.78 Å². The van der Waals surface area contributed by atoms with Gasteiger partial charge in [0.1, 0.15) is 6.07 Å². The molecular weight excluding hydrogens is 330 g/mol. The SMILES string of the molecule is N#Cc1cccc(C(=O)NC2CCC(F)(F)CC2)c1Br. The predicted octanol–water partition coefficient (Wildman–Crippen LogP) is 3.63. The molecule has 1 fully saturated rings. The molecule has 1 N–H and O–H groups in total. The number of carbonyl (C=O) groups is 1. The van der Waals surface area contributed by atoms with Gasteiger partial charge in [-0.05, 0) is 40.9 Å². The summed E-state index contributed by atoms with van der Waals surface area (Å²) in [5, 5.41) is 11.7. The van der Waals surface area contributed by atoms with E-state index in [0.29, 0.717) is 15.6 Å². The Kier molecular flexibility index (Phi) is 4.39. The summed E-state index contributed by atoms with van der Waals surface area (Å²) in [5.41, 5.74) is 0.717. The van der Waals surface area contributed by atoms with E-state index < -0.39 is 5.92 Å². The summed E-state index contributed by atoms with van der Waals surface area (Å²) < 4.78 is 26.5. The monoisotopic (exact) mass is 342 g/mol. The zero-order valence-electron chi connectivity index (χ0n) is 10.6. The van der Waals surface area contributed by atoms with Crippen molar-refractivity contribution in [2.75, 3.05) is 0 Å². The fourth-order valence-corrected chi connectivity index (χ4v) is 2.77. The van der Waals surface area contributed by atoms with Crippen molar-refractivity contribution in [2.24, 2.45) is 0 Å². The summed E-state index contributed by atoms with van der Waals surface area (Å²) >= 11 is 3.22. The molecule has 0 bridgehead atoms. The summed E-state index contributed by atoms with van der Waals surface area (Å²) in [7, 11) is 0. The first-order valence-corrected chi connectivity index (χ1v) is 7.09. The summed E-state index contributed by atoms with van der Waals surface area (Å²) in [6, 6.07) is 6.55. The molecule has 1 aromatic rings. The number of hydrogen-bond donors (Lipinski definition) is 1. The number of benzene rings is 1. The van der Waals surface area contributed by atoms with Crippen LogP contribution in [0, 0.1) is 11.3 Å². The van der Waals surface area contributed by atoms with E-state index in [2.05, 4.69) is 21.2 Å². The minimum Gasteiger partial charge on any atom is -0.349 e. The minimum absolute atomic E-state index is 0.197. The smallest absolute Gasteiger partial charge is 0.252 e. The van der Waals surface area contributed by atoms with Crippen LogP contribution in [0.2, 0.25) is 0 Å². The number of carbonyl (C=O) groups excluding carboxylic acids is 1. The molecule has 0 unspecified atom stereocenters. The first-order valence-electron chi connectivity index (χ1n) is 6.30. The van der Waals surface area contributed by atoms with Crippen molar-refractivity contribution in [1.29, 1.82) is 5.26 Å². The van der Waals surface area contributed by atoms with E-state index in [1.807, 2.05) is 6.07 Å². The number of halogens is 3. The van der Waals surface area contributed by atoms with E-state index in [1.165, 1.54) is 0 Å². The highest BCUT2D eigenvalue weighted by Crippen LogP contribution is 2.33. The third kappa shape index (κ3) is 3.34. The topological polar surface area (TPSA) is 52.9 Å². The highest BCUT2D eigenvalue weighted by Gasteiger charge is 2.35. The van der Waals surface area contributed by atoms with Crippen LogP contribution in [0.25, 0.3) is 0 Å². The van der Waals surface area contributed by atoms with Crippen molar-refractivity contribution in [3.8, 4) is 6.07 Å². The van der Waals surface area contributed by atoms with Gasteiger partial charge in [-0.2, -0.15) is 5.26 Å². The van der Waals surface area contributed by atoms with E-state index in [9.17, 15) is 13.6 Å². The Labute approximate surface area is 124 Å². The largest absolute Gasteiger partial charge is 0.349 e. The summed E-state index contributed by atoms with van der Waals surface area (Å²) in [4.78, 5) is 12.1. The summed E-state index contributed by atoms with van der Waals surface area (Å²) in [6.07, 6.45) is 0.150. The second-order valence-electron chi connectivity index (χ2n) is 4.88. The van der Waals surface area contributed by atoms with Crippen LogP contribution in [-0.4, -0.2) is 17.9 Å².